The Labute approximate surface area is 193 Å². The lowest BCUT2D eigenvalue weighted by Gasteiger charge is -2.14. The van der Waals surface area contributed by atoms with E-state index < -0.39 is 28.0 Å². The van der Waals surface area contributed by atoms with Gasteiger partial charge in [-0.1, -0.05) is 42.5 Å². The van der Waals surface area contributed by atoms with Crippen molar-refractivity contribution in [3.05, 3.63) is 84.4 Å². The van der Waals surface area contributed by atoms with Gasteiger partial charge in [0.2, 0.25) is 10.0 Å². The Morgan fingerprint density at radius 1 is 0.788 bits per heavy atom. The zero-order valence-corrected chi connectivity index (χ0v) is 19.4. The van der Waals surface area contributed by atoms with Crippen molar-refractivity contribution in [1.82, 2.24) is 4.72 Å². The van der Waals surface area contributed by atoms with E-state index in [4.69, 9.17) is 4.74 Å². The molecule has 8 heteroatoms. The molecule has 0 aliphatic heterocycles. The van der Waals surface area contributed by atoms with Gasteiger partial charge < -0.3 is 10.1 Å². The first-order valence-corrected chi connectivity index (χ1v) is 11.9. The van der Waals surface area contributed by atoms with Gasteiger partial charge in [-0.15, -0.1) is 0 Å². The van der Waals surface area contributed by atoms with Gasteiger partial charge in [0.25, 0.3) is 5.91 Å². The van der Waals surface area contributed by atoms with Gasteiger partial charge in [0.15, 0.2) is 6.10 Å². The summed E-state index contributed by atoms with van der Waals surface area (Å²) in [7, 11) is -3.62. The molecule has 1 amide bonds. The van der Waals surface area contributed by atoms with E-state index in [1.54, 1.807) is 26.0 Å². The number of carbonyl (C=O) groups excluding carboxylic acids is 2. The number of hydrogen-bond donors (Lipinski definition) is 2. The van der Waals surface area contributed by atoms with Crippen LogP contribution in [0.25, 0.3) is 11.1 Å². The maximum atomic E-state index is 12.4. The number of nitrogens with one attached hydrogen (secondary N) is 2. The van der Waals surface area contributed by atoms with Crippen LogP contribution >= 0.6 is 0 Å². The molecule has 3 aromatic carbocycles. The average Bonchev–Trinajstić information content (AvgIpc) is 2.79. The SMILES string of the molecule is CC(C)NS(=O)(=O)c1ccc(NC(=O)C(C)OC(=O)c2ccc(-c3ccccc3)cc2)cc1. The summed E-state index contributed by atoms with van der Waals surface area (Å²) in [4.78, 5) is 24.9. The molecular formula is C25H26N2O5S. The number of ether oxygens (including phenoxy) is 1. The fraction of sp³-hybridized carbons (Fsp3) is 0.200. The zero-order valence-electron chi connectivity index (χ0n) is 18.6. The minimum Gasteiger partial charge on any atom is -0.449 e. The van der Waals surface area contributed by atoms with Crippen LogP contribution in [0, 0.1) is 0 Å². The van der Waals surface area contributed by atoms with Crippen molar-refractivity contribution in [2.24, 2.45) is 0 Å². The fourth-order valence-electron chi connectivity index (χ4n) is 3.05. The summed E-state index contributed by atoms with van der Waals surface area (Å²) in [6.07, 6.45) is -1.04. The van der Waals surface area contributed by atoms with E-state index in [2.05, 4.69) is 10.0 Å². The molecule has 0 fully saturated rings. The van der Waals surface area contributed by atoms with Gasteiger partial charge in [0.05, 0.1) is 10.5 Å². The summed E-state index contributed by atoms with van der Waals surface area (Å²) in [5, 5.41) is 2.62. The molecular weight excluding hydrogens is 440 g/mol. The second kappa shape index (κ2) is 10.4. The number of hydrogen-bond acceptors (Lipinski definition) is 5. The van der Waals surface area contributed by atoms with Gasteiger partial charge in [-0.05, 0) is 68.3 Å². The predicted octanol–water partition coefficient (Wildman–Crippen LogP) is 4.22. The highest BCUT2D eigenvalue weighted by molar-refractivity contribution is 7.89. The Kier molecular flexibility index (Phi) is 7.63. The molecule has 33 heavy (non-hydrogen) atoms. The third kappa shape index (κ3) is 6.50. The molecule has 0 aliphatic rings. The molecule has 3 rings (SSSR count). The van der Waals surface area contributed by atoms with Gasteiger partial charge in [-0.2, -0.15) is 0 Å². The van der Waals surface area contributed by atoms with Gasteiger partial charge >= 0.3 is 5.97 Å². The minimum absolute atomic E-state index is 0.0904. The molecule has 7 nitrogen and oxygen atoms in total. The molecule has 2 N–H and O–H groups in total. The van der Waals surface area contributed by atoms with Gasteiger partial charge in [-0.3, -0.25) is 4.79 Å². The third-order valence-electron chi connectivity index (χ3n) is 4.70. The number of sulfonamides is 1. The second-order valence-corrected chi connectivity index (χ2v) is 9.49. The first-order chi connectivity index (χ1) is 15.7. The summed E-state index contributed by atoms with van der Waals surface area (Å²) in [6.45, 7) is 4.93. The van der Waals surface area contributed by atoms with Crippen molar-refractivity contribution in [1.29, 1.82) is 0 Å². The summed E-state index contributed by atoms with van der Waals surface area (Å²) in [5.41, 5.74) is 2.72. The molecule has 0 saturated carbocycles. The Morgan fingerprint density at radius 2 is 1.36 bits per heavy atom. The molecule has 1 unspecified atom stereocenters. The fourth-order valence-corrected chi connectivity index (χ4v) is 4.30. The van der Waals surface area contributed by atoms with Crippen molar-refractivity contribution in [3.63, 3.8) is 0 Å². The van der Waals surface area contributed by atoms with Crippen molar-refractivity contribution < 1.29 is 22.7 Å². The van der Waals surface area contributed by atoms with E-state index in [0.717, 1.165) is 11.1 Å². The largest absolute Gasteiger partial charge is 0.449 e. The van der Waals surface area contributed by atoms with Crippen molar-refractivity contribution in [3.8, 4) is 11.1 Å². The van der Waals surface area contributed by atoms with Crippen LogP contribution < -0.4 is 10.0 Å². The van der Waals surface area contributed by atoms with Crippen LogP contribution in [-0.2, 0) is 19.6 Å². The molecule has 0 heterocycles. The molecule has 0 saturated heterocycles. The molecule has 172 valence electrons. The monoisotopic (exact) mass is 466 g/mol. The Bertz CT molecular complexity index is 1210. The van der Waals surface area contributed by atoms with E-state index in [1.165, 1.54) is 31.2 Å². The number of carbonyl (C=O) groups is 2. The number of rotatable bonds is 8. The highest BCUT2D eigenvalue weighted by Crippen LogP contribution is 2.20. The molecule has 0 aliphatic carbocycles. The number of esters is 1. The first-order valence-electron chi connectivity index (χ1n) is 10.5. The van der Waals surface area contributed by atoms with Crippen LogP contribution in [-0.4, -0.2) is 32.4 Å². The van der Waals surface area contributed by atoms with Crippen molar-refractivity contribution in [2.45, 2.75) is 37.8 Å². The maximum absolute atomic E-state index is 12.4. The molecule has 0 bridgehead atoms. The van der Waals surface area contributed by atoms with Crippen LogP contribution in [0.5, 0.6) is 0 Å². The number of amides is 1. The normalized spacial score (nSPS) is 12.2. The lowest BCUT2D eigenvalue weighted by atomic mass is 10.0. The molecule has 1 atom stereocenters. The van der Waals surface area contributed by atoms with Crippen LogP contribution in [0.4, 0.5) is 5.69 Å². The van der Waals surface area contributed by atoms with Crippen molar-refractivity contribution >= 4 is 27.6 Å². The Balaban J connectivity index is 1.58. The van der Waals surface area contributed by atoms with E-state index in [1.807, 2.05) is 42.5 Å². The molecule has 0 aromatic heterocycles. The van der Waals surface area contributed by atoms with Gasteiger partial charge in [0, 0.05) is 11.7 Å². The van der Waals surface area contributed by atoms with E-state index >= 15 is 0 Å². The smallest absolute Gasteiger partial charge is 0.338 e. The topological polar surface area (TPSA) is 102 Å². The van der Waals surface area contributed by atoms with E-state index in [9.17, 15) is 18.0 Å². The quantitative estimate of drug-likeness (QED) is 0.484. The van der Waals surface area contributed by atoms with E-state index in [0.29, 0.717) is 11.3 Å². The summed E-state index contributed by atoms with van der Waals surface area (Å²) >= 11 is 0. The Hall–Kier alpha value is -3.49. The third-order valence-corrected chi connectivity index (χ3v) is 6.38. The Morgan fingerprint density at radius 3 is 1.94 bits per heavy atom. The molecule has 0 spiro atoms. The van der Waals surface area contributed by atoms with Crippen LogP contribution in [0.2, 0.25) is 0 Å². The lowest BCUT2D eigenvalue weighted by Crippen LogP contribution is -2.30. The van der Waals surface area contributed by atoms with Crippen LogP contribution in [0.3, 0.4) is 0 Å². The van der Waals surface area contributed by atoms with Crippen LogP contribution in [0.1, 0.15) is 31.1 Å². The maximum Gasteiger partial charge on any atom is 0.338 e. The first kappa shape index (κ1) is 24.2. The van der Waals surface area contributed by atoms with Crippen LogP contribution in [0.15, 0.2) is 83.8 Å². The van der Waals surface area contributed by atoms with E-state index in [-0.39, 0.29) is 10.9 Å². The molecule has 3 aromatic rings. The highest BCUT2D eigenvalue weighted by Gasteiger charge is 2.20. The standard InChI is InChI=1S/C25H26N2O5S/c1-17(2)27-33(30,31)23-15-13-22(14-16-23)26-24(28)18(3)32-25(29)21-11-9-20(10-12-21)19-7-5-4-6-8-19/h4-18,27H,1-3H3,(H,26,28). The van der Waals surface area contributed by atoms with Crippen molar-refractivity contribution in [2.75, 3.05) is 5.32 Å². The minimum atomic E-state index is -3.62. The highest BCUT2D eigenvalue weighted by atomic mass is 32.2. The number of benzene rings is 3. The second-order valence-electron chi connectivity index (χ2n) is 7.78. The zero-order chi connectivity index (χ0) is 24.0. The predicted molar refractivity (Wildman–Crippen MR) is 127 cm³/mol. The van der Waals surface area contributed by atoms with Gasteiger partial charge in [-0.25, -0.2) is 17.9 Å². The summed E-state index contributed by atoms with van der Waals surface area (Å²) < 4.78 is 32.1. The summed E-state index contributed by atoms with van der Waals surface area (Å²) in [5.74, 6) is -1.14. The lowest BCUT2D eigenvalue weighted by molar-refractivity contribution is -0.123. The number of anilines is 1. The molecule has 0 radical (unpaired) electrons. The van der Waals surface area contributed by atoms with Gasteiger partial charge in [0.1, 0.15) is 0 Å². The summed E-state index contributed by atoms with van der Waals surface area (Å²) in [6, 6.07) is 22.2. The average molecular weight is 467 g/mol.